The molecule has 2 aromatic rings. The zero-order valence-electron chi connectivity index (χ0n) is 11.6. The lowest BCUT2D eigenvalue weighted by Crippen LogP contribution is -2.28. The second kappa shape index (κ2) is 6.55. The number of hydrogen-bond acceptors (Lipinski definition) is 2. The van der Waals surface area contributed by atoms with Crippen LogP contribution < -0.4 is 10.6 Å². The number of rotatable bonds is 3. The highest BCUT2D eigenvalue weighted by Gasteiger charge is 2.29. The van der Waals surface area contributed by atoms with Gasteiger partial charge in [0, 0.05) is 18.3 Å². The zero-order valence-corrected chi connectivity index (χ0v) is 11.6. The fraction of sp³-hybridized carbons (Fsp3) is 0.133. The number of phenolic OH excluding ortho intramolecular Hbond substituents is 1. The number of anilines is 1. The van der Waals surface area contributed by atoms with Crippen molar-refractivity contribution in [2.24, 2.45) is 0 Å². The van der Waals surface area contributed by atoms with E-state index >= 15 is 0 Å². The summed E-state index contributed by atoms with van der Waals surface area (Å²) < 4.78 is 50.3. The average molecular weight is 328 g/mol. The van der Waals surface area contributed by atoms with Gasteiger partial charge < -0.3 is 15.7 Å². The van der Waals surface area contributed by atoms with Crippen molar-refractivity contribution in [3.63, 3.8) is 0 Å². The maximum atomic E-state index is 13.1. The Morgan fingerprint density at radius 1 is 1.09 bits per heavy atom. The van der Waals surface area contributed by atoms with Gasteiger partial charge in [0.2, 0.25) is 0 Å². The van der Waals surface area contributed by atoms with Crippen molar-refractivity contribution >= 4 is 11.7 Å². The van der Waals surface area contributed by atoms with Crippen molar-refractivity contribution in [2.45, 2.75) is 12.7 Å². The molecule has 0 bridgehead atoms. The maximum absolute atomic E-state index is 13.1. The normalized spacial score (nSPS) is 11.1. The van der Waals surface area contributed by atoms with Crippen molar-refractivity contribution in [3.05, 3.63) is 59.4 Å². The molecule has 0 aliphatic rings. The second-order valence-corrected chi connectivity index (χ2v) is 4.67. The van der Waals surface area contributed by atoms with Gasteiger partial charge in [0.05, 0.1) is 5.56 Å². The maximum Gasteiger partial charge on any atom is 0.416 e. The Morgan fingerprint density at radius 2 is 1.74 bits per heavy atom. The van der Waals surface area contributed by atoms with Gasteiger partial charge in [-0.1, -0.05) is 12.1 Å². The molecule has 122 valence electrons. The predicted molar refractivity (Wildman–Crippen MR) is 75.4 cm³/mol. The number of phenols is 1. The van der Waals surface area contributed by atoms with Crippen LogP contribution in [0.15, 0.2) is 42.5 Å². The fourth-order valence-corrected chi connectivity index (χ4v) is 1.75. The number of urea groups is 1. The van der Waals surface area contributed by atoms with Crippen LogP contribution in [0.3, 0.4) is 0 Å². The van der Waals surface area contributed by atoms with Gasteiger partial charge in [-0.05, 0) is 29.8 Å². The molecular weight excluding hydrogens is 316 g/mol. The van der Waals surface area contributed by atoms with E-state index in [1.165, 1.54) is 18.2 Å². The molecule has 0 spiro atoms. The third-order valence-electron chi connectivity index (χ3n) is 2.94. The summed E-state index contributed by atoms with van der Waals surface area (Å²) in [6.07, 6.45) is -4.41. The van der Waals surface area contributed by atoms with Crippen LogP contribution >= 0.6 is 0 Å². The highest BCUT2D eigenvalue weighted by atomic mass is 19.4. The first kappa shape index (κ1) is 16.6. The second-order valence-electron chi connectivity index (χ2n) is 4.67. The first-order chi connectivity index (χ1) is 10.8. The fourth-order valence-electron chi connectivity index (χ4n) is 1.75. The minimum Gasteiger partial charge on any atom is -0.505 e. The van der Waals surface area contributed by atoms with Crippen LogP contribution in [0.4, 0.5) is 28.0 Å². The van der Waals surface area contributed by atoms with Gasteiger partial charge in [-0.3, -0.25) is 0 Å². The van der Waals surface area contributed by atoms with Crippen LogP contribution in [0, 0.1) is 5.82 Å². The van der Waals surface area contributed by atoms with Gasteiger partial charge in [0.15, 0.2) is 11.6 Å². The molecule has 0 fully saturated rings. The zero-order chi connectivity index (χ0) is 17.0. The standard InChI is InChI=1S/C15H12F4N2O2/c16-12-7-11(5-6-13(12)22)21-14(23)20-8-9-1-3-10(4-2-9)15(17,18)19/h1-7,22H,8H2,(H2,20,21,23). The third kappa shape index (κ3) is 4.60. The minimum absolute atomic E-state index is 0.00450. The molecule has 23 heavy (non-hydrogen) atoms. The van der Waals surface area contributed by atoms with Gasteiger partial charge >= 0.3 is 12.2 Å². The Kier molecular flexibility index (Phi) is 4.73. The van der Waals surface area contributed by atoms with Crippen LogP contribution in [0.5, 0.6) is 5.75 Å². The summed E-state index contributed by atoms with van der Waals surface area (Å²) in [6.45, 7) is 0.00450. The smallest absolute Gasteiger partial charge is 0.416 e. The molecule has 2 rings (SSSR count). The Labute approximate surface area is 128 Å². The lowest BCUT2D eigenvalue weighted by molar-refractivity contribution is -0.137. The molecule has 0 radical (unpaired) electrons. The molecule has 0 aromatic heterocycles. The van der Waals surface area contributed by atoms with Crippen LogP contribution in [0.1, 0.15) is 11.1 Å². The Balaban J connectivity index is 1.90. The van der Waals surface area contributed by atoms with Crippen LogP contribution in [0.2, 0.25) is 0 Å². The van der Waals surface area contributed by atoms with Crippen molar-refractivity contribution < 1.29 is 27.5 Å². The van der Waals surface area contributed by atoms with E-state index in [9.17, 15) is 22.4 Å². The predicted octanol–water partition coefficient (Wildman–Crippen LogP) is 3.87. The summed E-state index contributed by atoms with van der Waals surface area (Å²) in [5.41, 5.74) is -0.166. The molecule has 2 amide bonds. The van der Waals surface area contributed by atoms with E-state index in [4.69, 9.17) is 5.11 Å². The first-order valence-corrected chi connectivity index (χ1v) is 6.45. The summed E-state index contributed by atoms with van der Waals surface area (Å²) in [5, 5.41) is 13.8. The molecule has 0 unspecified atom stereocenters. The first-order valence-electron chi connectivity index (χ1n) is 6.45. The summed E-state index contributed by atoms with van der Waals surface area (Å²) >= 11 is 0. The summed E-state index contributed by atoms with van der Waals surface area (Å²) in [4.78, 5) is 11.6. The number of nitrogens with one attached hydrogen (secondary N) is 2. The topological polar surface area (TPSA) is 61.4 Å². The van der Waals surface area contributed by atoms with Gasteiger partial charge in [0.25, 0.3) is 0 Å². The number of halogens is 4. The summed E-state index contributed by atoms with van der Waals surface area (Å²) in [7, 11) is 0. The van der Waals surface area contributed by atoms with E-state index in [-0.39, 0.29) is 12.2 Å². The van der Waals surface area contributed by atoms with Gasteiger partial charge in [0.1, 0.15) is 0 Å². The monoisotopic (exact) mass is 328 g/mol. The molecular formula is C15H12F4N2O2. The van der Waals surface area contributed by atoms with E-state index in [0.717, 1.165) is 24.3 Å². The van der Waals surface area contributed by atoms with Gasteiger partial charge in [-0.25, -0.2) is 9.18 Å². The number of aromatic hydroxyl groups is 1. The molecule has 0 aliphatic heterocycles. The van der Waals surface area contributed by atoms with E-state index in [0.29, 0.717) is 5.56 Å². The molecule has 8 heteroatoms. The van der Waals surface area contributed by atoms with Crippen molar-refractivity contribution in [1.29, 1.82) is 0 Å². The Bertz CT molecular complexity index is 700. The van der Waals surface area contributed by atoms with Gasteiger partial charge in [-0.15, -0.1) is 0 Å². The number of benzene rings is 2. The molecule has 2 aromatic carbocycles. The van der Waals surface area contributed by atoms with Crippen LogP contribution in [-0.2, 0) is 12.7 Å². The van der Waals surface area contributed by atoms with E-state index in [2.05, 4.69) is 10.6 Å². The molecule has 0 saturated carbocycles. The molecule has 0 aliphatic carbocycles. The molecule has 4 nitrogen and oxygen atoms in total. The quantitative estimate of drug-likeness (QED) is 0.592. The van der Waals surface area contributed by atoms with E-state index < -0.39 is 29.3 Å². The van der Waals surface area contributed by atoms with E-state index in [1.807, 2.05) is 0 Å². The number of hydrogen-bond donors (Lipinski definition) is 3. The SMILES string of the molecule is O=C(NCc1ccc(C(F)(F)F)cc1)Nc1ccc(O)c(F)c1. The number of alkyl halides is 3. The summed E-state index contributed by atoms with van der Waals surface area (Å²) in [6, 6.07) is 7.01. The molecule has 3 N–H and O–H groups in total. The third-order valence-corrected chi connectivity index (χ3v) is 2.94. The Hall–Kier alpha value is -2.77. The minimum atomic E-state index is -4.41. The van der Waals surface area contributed by atoms with Gasteiger partial charge in [-0.2, -0.15) is 13.2 Å². The van der Waals surface area contributed by atoms with Crippen molar-refractivity contribution in [1.82, 2.24) is 5.32 Å². The van der Waals surface area contributed by atoms with Crippen LogP contribution in [-0.4, -0.2) is 11.1 Å². The lowest BCUT2D eigenvalue weighted by atomic mass is 10.1. The number of amides is 2. The lowest BCUT2D eigenvalue weighted by Gasteiger charge is -2.10. The highest BCUT2D eigenvalue weighted by molar-refractivity contribution is 5.89. The molecule has 0 heterocycles. The number of carbonyl (C=O) groups excluding carboxylic acids is 1. The number of carbonyl (C=O) groups is 1. The highest BCUT2D eigenvalue weighted by Crippen LogP contribution is 2.29. The van der Waals surface area contributed by atoms with Crippen molar-refractivity contribution in [2.75, 3.05) is 5.32 Å². The van der Waals surface area contributed by atoms with Crippen molar-refractivity contribution in [3.8, 4) is 5.75 Å². The van der Waals surface area contributed by atoms with Crippen LogP contribution in [0.25, 0.3) is 0 Å². The average Bonchev–Trinajstić information content (AvgIpc) is 2.48. The molecule has 0 atom stereocenters. The Morgan fingerprint density at radius 3 is 2.30 bits per heavy atom. The van der Waals surface area contributed by atoms with E-state index in [1.54, 1.807) is 0 Å². The molecule has 0 saturated heterocycles. The summed E-state index contributed by atoms with van der Waals surface area (Å²) in [5.74, 6) is -1.42. The largest absolute Gasteiger partial charge is 0.505 e.